The van der Waals surface area contributed by atoms with Crippen LogP contribution in [0.25, 0.3) is 0 Å². The first kappa shape index (κ1) is 16.9. The second-order valence-electron chi connectivity index (χ2n) is 6.83. The van der Waals surface area contributed by atoms with Gasteiger partial charge in [-0.3, -0.25) is 4.79 Å². The summed E-state index contributed by atoms with van der Waals surface area (Å²) in [5, 5.41) is 3.18. The van der Waals surface area contributed by atoms with E-state index >= 15 is 0 Å². The largest absolute Gasteiger partial charge is 0.487 e. The minimum absolute atomic E-state index is 0.00627. The quantitative estimate of drug-likeness (QED) is 0.832. The zero-order valence-electron chi connectivity index (χ0n) is 14.3. The van der Waals surface area contributed by atoms with Crippen molar-refractivity contribution >= 4 is 17.7 Å². The van der Waals surface area contributed by atoms with Crippen molar-refractivity contribution in [1.29, 1.82) is 0 Å². The van der Waals surface area contributed by atoms with Crippen LogP contribution < -0.4 is 10.1 Å². The number of fused-ring (bicyclic) bond motifs is 1. The van der Waals surface area contributed by atoms with Gasteiger partial charge < -0.3 is 10.1 Å². The molecule has 0 spiro atoms. The zero-order valence-corrected chi connectivity index (χ0v) is 15.2. The van der Waals surface area contributed by atoms with E-state index in [9.17, 15) is 4.79 Å². The molecule has 4 heteroatoms. The predicted octanol–water partition coefficient (Wildman–Crippen LogP) is 4.51. The van der Waals surface area contributed by atoms with E-state index in [1.807, 2.05) is 36.4 Å². The standard InChI is InChI=1S/C20H23NO2S/c1-14-9-10-16-17(12-20(2,3)23-18(16)11-14)21-19(22)13-24-15-7-5-4-6-8-15/h4-11,17H,12-13H2,1-3H3,(H,21,22)/t17-/m0/s1. The SMILES string of the molecule is Cc1ccc2c(c1)OC(C)(C)C[C@@H]2NC(=O)CSc1ccccc1. The van der Waals surface area contributed by atoms with E-state index in [0.717, 1.165) is 28.2 Å². The van der Waals surface area contributed by atoms with Gasteiger partial charge in [0, 0.05) is 16.9 Å². The Hall–Kier alpha value is -1.94. The molecule has 2 aromatic rings. The summed E-state index contributed by atoms with van der Waals surface area (Å²) in [6.07, 6.45) is 0.769. The van der Waals surface area contributed by atoms with Crippen molar-refractivity contribution in [3.8, 4) is 5.75 Å². The molecule has 2 aromatic carbocycles. The number of benzene rings is 2. The molecule has 1 atom stereocenters. The lowest BCUT2D eigenvalue weighted by Gasteiger charge is -2.38. The molecule has 0 bridgehead atoms. The highest BCUT2D eigenvalue weighted by Crippen LogP contribution is 2.39. The van der Waals surface area contributed by atoms with Gasteiger partial charge in [0.2, 0.25) is 5.91 Å². The van der Waals surface area contributed by atoms with Crippen LogP contribution in [0, 0.1) is 6.92 Å². The first-order valence-corrected chi connectivity index (χ1v) is 9.18. The second-order valence-corrected chi connectivity index (χ2v) is 7.88. The number of carbonyl (C=O) groups excluding carboxylic acids is 1. The molecule has 0 radical (unpaired) electrons. The molecule has 0 unspecified atom stereocenters. The third-order valence-electron chi connectivity index (χ3n) is 4.07. The van der Waals surface area contributed by atoms with E-state index in [0.29, 0.717) is 5.75 Å². The van der Waals surface area contributed by atoms with Crippen LogP contribution in [-0.4, -0.2) is 17.3 Å². The molecule has 126 valence electrons. The Bertz CT molecular complexity index is 728. The molecular formula is C20H23NO2S. The second kappa shape index (κ2) is 6.89. The van der Waals surface area contributed by atoms with Gasteiger partial charge >= 0.3 is 0 Å². The third-order valence-corrected chi connectivity index (χ3v) is 5.09. The number of rotatable bonds is 4. The van der Waals surface area contributed by atoms with E-state index in [-0.39, 0.29) is 17.6 Å². The molecule has 3 nitrogen and oxygen atoms in total. The van der Waals surface area contributed by atoms with Crippen LogP contribution in [0.3, 0.4) is 0 Å². The van der Waals surface area contributed by atoms with Crippen molar-refractivity contribution in [3.63, 3.8) is 0 Å². The molecule has 1 heterocycles. The van der Waals surface area contributed by atoms with Gasteiger partial charge in [-0.05, 0) is 44.5 Å². The zero-order chi connectivity index (χ0) is 17.2. The number of aryl methyl sites for hydroxylation is 1. The summed E-state index contributed by atoms with van der Waals surface area (Å²) in [5.41, 5.74) is 1.94. The first-order chi connectivity index (χ1) is 11.4. The summed E-state index contributed by atoms with van der Waals surface area (Å²) < 4.78 is 6.08. The molecule has 3 rings (SSSR count). The van der Waals surface area contributed by atoms with Crippen molar-refractivity contribution in [1.82, 2.24) is 5.32 Å². The Morgan fingerprint density at radius 2 is 2.00 bits per heavy atom. The Morgan fingerprint density at radius 1 is 1.25 bits per heavy atom. The highest BCUT2D eigenvalue weighted by atomic mass is 32.2. The molecule has 0 aliphatic carbocycles. The minimum atomic E-state index is -0.286. The van der Waals surface area contributed by atoms with Gasteiger partial charge in [0.05, 0.1) is 11.8 Å². The Balaban J connectivity index is 1.69. The Morgan fingerprint density at radius 3 is 2.75 bits per heavy atom. The molecule has 0 fully saturated rings. The summed E-state index contributed by atoms with van der Waals surface area (Å²) in [4.78, 5) is 13.5. The lowest BCUT2D eigenvalue weighted by molar-refractivity contribution is -0.119. The molecule has 1 N–H and O–H groups in total. The number of thioether (sulfide) groups is 1. The predicted molar refractivity (Wildman–Crippen MR) is 98.6 cm³/mol. The number of nitrogens with one attached hydrogen (secondary N) is 1. The molecule has 1 aliphatic heterocycles. The normalized spacial score (nSPS) is 18.4. The smallest absolute Gasteiger partial charge is 0.230 e. The number of ether oxygens (including phenoxy) is 1. The lowest BCUT2D eigenvalue weighted by Crippen LogP contribution is -2.41. The minimum Gasteiger partial charge on any atom is -0.487 e. The van der Waals surface area contributed by atoms with E-state index < -0.39 is 0 Å². The van der Waals surface area contributed by atoms with Gasteiger partial charge in [0.15, 0.2) is 0 Å². The molecule has 0 saturated carbocycles. The van der Waals surface area contributed by atoms with Crippen molar-refractivity contribution in [2.45, 2.75) is 43.7 Å². The Labute approximate surface area is 147 Å². The van der Waals surface area contributed by atoms with Crippen LogP contribution in [0.15, 0.2) is 53.4 Å². The number of hydrogen-bond donors (Lipinski definition) is 1. The topological polar surface area (TPSA) is 38.3 Å². The van der Waals surface area contributed by atoms with Crippen LogP contribution >= 0.6 is 11.8 Å². The van der Waals surface area contributed by atoms with Crippen molar-refractivity contribution in [2.24, 2.45) is 0 Å². The highest BCUT2D eigenvalue weighted by Gasteiger charge is 2.34. The molecule has 0 saturated heterocycles. The lowest BCUT2D eigenvalue weighted by atomic mass is 9.89. The summed E-state index contributed by atoms with van der Waals surface area (Å²) in [6, 6.07) is 16.2. The van der Waals surface area contributed by atoms with Crippen molar-refractivity contribution in [3.05, 3.63) is 59.7 Å². The number of hydrogen-bond acceptors (Lipinski definition) is 3. The average molecular weight is 341 g/mol. The van der Waals surface area contributed by atoms with Crippen LogP contribution in [0.1, 0.15) is 37.4 Å². The number of amides is 1. The summed E-state index contributed by atoms with van der Waals surface area (Å²) in [6.45, 7) is 6.18. The third kappa shape index (κ3) is 4.12. The summed E-state index contributed by atoms with van der Waals surface area (Å²) >= 11 is 1.56. The maximum Gasteiger partial charge on any atom is 0.230 e. The maximum absolute atomic E-state index is 12.4. The van der Waals surface area contributed by atoms with E-state index in [2.05, 4.69) is 38.2 Å². The van der Waals surface area contributed by atoms with Crippen molar-refractivity contribution in [2.75, 3.05) is 5.75 Å². The van der Waals surface area contributed by atoms with Gasteiger partial charge in [0.25, 0.3) is 0 Å². The van der Waals surface area contributed by atoms with Crippen LogP contribution in [0.5, 0.6) is 5.75 Å². The molecule has 24 heavy (non-hydrogen) atoms. The molecule has 1 aliphatic rings. The fourth-order valence-corrected chi connectivity index (χ4v) is 3.72. The fourth-order valence-electron chi connectivity index (χ4n) is 2.99. The molecule has 0 aromatic heterocycles. The van der Waals surface area contributed by atoms with Gasteiger partial charge in [-0.25, -0.2) is 0 Å². The van der Waals surface area contributed by atoms with Crippen molar-refractivity contribution < 1.29 is 9.53 Å². The van der Waals surface area contributed by atoms with Crippen LogP contribution in [-0.2, 0) is 4.79 Å². The van der Waals surface area contributed by atoms with E-state index in [1.54, 1.807) is 11.8 Å². The van der Waals surface area contributed by atoms with Crippen LogP contribution in [0.4, 0.5) is 0 Å². The summed E-state index contributed by atoms with van der Waals surface area (Å²) in [7, 11) is 0. The first-order valence-electron chi connectivity index (χ1n) is 8.20. The average Bonchev–Trinajstić information content (AvgIpc) is 2.52. The van der Waals surface area contributed by atoms with E-state index in [1.165, 1.54) is 0 Å². The monoisotopic (exact) mass is 341 g/mol. The maximum atomic E-state index is 12.4. The molecular weight excluding hydrogens is 318 g/mol. The summed E-state index contributed by atoms with van der Waals surface area (Å²) in [5.74, 6) is 1.36. The number of carbonyl (C=O) groups is 1. The molecule has 1 amide bonds. The highest BCUT2D eigenvalue weighted by molar-refractivity contribution is 8.00. The van der Waals surface area contributed by atoms with E-state index in [4.69, 9.17) is 4.74 Å². The van der Waals surface area contributed by atoms with Crippen LogP contribution in [0.2, 0.25) is 0 Å². The Kier molecular flexibility index (Phi) is 4.86. The fraction of sp³-hybridized carbons (Fsp3) is 0.350. The van der Waals surface area contributed by atoms with Gasteiger partial charge in [-0.1, -0.05) is 30.3 Å². The van der Waals surface area contributed by atoms with Gasteiger partial charge in [0.1, 0.15) is 11.4 Å². The van der Waals surface area contributed by atoms with Gasteiger partial charge in [-0.15, -0.1) is 11.8 Å². The van der Waals surface area contributed by atoms with Gasteiger partial charge in [-0.2, -0.15) is 0 Å².